The second kappa shape index (κ2) is 10.1. The van der Waals surface area contributed by atoms with Crippen LogP contribution in [0.1, 0.15) is 55.8 Å². The molecule has 2 rings (SSSR count). The molecule has 2 amide bonds. The molecule has 134 valence electrons. The average Bonchev–Trinajstić information content (AvgIpc) is 3.28. The van der Waals surface area contributed by atoms with Crippen molar-refractivity contribution in [3.8, 4) is 0 Å². The topological polar surface area (TPSA) is 71.8 Å². The lowest BCUT2D eigenvalue weighted by Gasteiger charge is -2.25. The molecule has 0 saturated carbocycles. The molecule has 1 atom stereocenters. The highest BCUT2D eigenvalue weighted by molar-refractivity contribution is 5.94. The molecule has 6 nitrogen and oxygen atoms in total. The maximum Gasteiger partial charge on any atom is 0.257 e. The molecular formula is C18H28N2O4. The zero-order valence-electron chi connectivity index (χ0n) is 14.5. The predicted octanol–water partition coefficient (Wildman–Crippen LogP) is 2.60. The molecule has 1 aliphatic heterocycles. The van der Waals surface area contributed by atoms with Gasteiger partial charge in [0, 0.05) is 32.7 Å². The van der Waals surface area contributed by atoms with Crippen LogP contribution in [0.4, 0.5) is 0 Å². The average molecular weight is 336 g/mol. The summed E-state index contributed by atoms with van der Waals surface area (Å²) in [6.07, 6.45) is 8.52. The molecule has 0 aromatic carbocycles. The first-order valence-corrected chi connectivity index (χ1v) is 8.90. The monoisotopic (exact) mass is 336 g/mol. The van der Waals surface area contributed by atoms with Gasteiger partial charge in [0.05, 0.1) is 17.9 Å². The van der Waals surface area contributed by atoms with Crippen molar-refractivity contribution in [3.05, 3.63) is 24.2 Å². The molecule has 0 unspecified atom stereocenters. The molecule has 0 aliphatic carbocycles. The van der Waals surface area contributed by atoms with Crippen molar-refractivity contribution in [1.82, 2.24) is 10.2 Å². The van der Waals surface area contributed by atoms with E-state index in [9.17, 15) is 9.59 Å². The first kappa shape index (κ1) is 18.5. The molecule has 1 N–H and O–H groups in total. The number of ether oxygens (including phenoxy) is 1. The highest BCUT2D eigenvalue weighted by Gasteiger charge is 2.24. The molecule has 1 aromatic heterocycles. The van der Waals surface area contributed by atoms with Crippen molar-refractivity contribution in [1.29, 1.82) is 0 Å². The molecule has 0 bridgehead atoms. The van der Waals surface area contributed by atoms with E-state index in [0.717, 1.165) is 38.7 Å². The maximum absolute atomic E-state index is 12.6. The lowest BCUT2D eigenvalue weighted by molar-refractivity contribution is -0.121. The summed E-state index contributed by atoms with van der Waals surface area (Å²) in [5.41, 5.74) is 0.511. The third kappa shape index (κ3) is 6.00. The Kier molecular flexibility index (Phi) is 7.82. The second-order valence-electron chi connectivity index (χ2n) is 6.21. The molecule has 0 radical (unpaired) electrons. The third-order valence-electron chi connectivity index (χ3n) is 4.21. The van der Waals surface area contributed by atoms with E-state index in [1.165, 1.54) is 12.5 Å². The van der Waals surface area contributed by atoms with E-state index in [2.05, 4.69) is 12.2 Å². The Labute approximate surface area is 143 Å². The predicted molar refractivity (Wildman–Crippen MR) is 90.7 cm³/mol. The fourth-order valence-electron chi connectivity index (χ4n) is 2.81. The number of nitrogens with zero attached hydrogens (tertiary/aromatic N) is 1. The fourth-order valence-corrected chi connectivity index (χ4v) is 2.81. The van der Waals surface area contributed by atoms with Gasteiger partial charge in [0.15, 0.2) is 0 Å². The van der Waals surface area contributed by atoms with Crippen LogP contribution in [0.2, 0.25) is 0 Å². The summed E-state index contributed by atoms with van der Waals surface area (Å²) in [6, 6.07) is 1.65. The Morgan fingerprint density at radius 2 is 2.25 bits per heavy atom. The Morgan fingerprint density at radius 3 is 2.92 bits per heavy atom. The number of unbranched alkanes of at least 4 members (excludes halogenated alkanes) is 2. The van der Waals surface area contributed by atoms with E-state index in [-0.39, 0.29) is 17.9 Å². The first-order chi connectivity index (χ1) is 11.7. The summed E-state index contributed by atoms with van der Waals surface area (Å²) in [5, 5.41) is 2.91. The van der Waals surface area contributed by atoms with Gasteiger partial charge in [0.2, 0.25) is 5.91 Å². The number of amides is 2. The molecule has 2 heterocycles. The van der Waals surface area contributed by atoms with Gasteiger partial charge >= 0.3 is 0 Å². The molecule has 1 saturated heterocycles. The van der Waals surface area contributed by atoms with Gasteiger partial charge < -0.3 is 19.4 Å². The molecule has 1 aromatic rings. The van der Waals surface area contributed by atoms with Gasteiger partial charge in [-0.1, -0.05) is 19.8 Å². The van der Waals surface area contributed by atoms with Crippen molar-refractivity contribution < 1.29 is 18.7 Å². The van der Waals surface area contributed by atoms with Crippen LogP contribution < -0.4 is 5.32 Å². The van der Waals surface area contributed by atoms with Crippen molar-refractivity contribution in [2.45, 2.75) is 51.6 Å². The number of carbonyl (C=O) groups is 2. The van der Waals surface area contributed by atoms with Gasteiger partial charge in [-0.25, -0.2) is 0 Å². The largest absolute Gasteiger partial charge is 0.472 e. The number of nitrogens with one attached hydrogen (secondary N) is 1. The highest BCUT2D eigenvalue weighted by atomic mass is 16.5. The first-order valence-electron chi connectivity index (χ1n) is 8.90. The number of rotatable bonds is 10. The van der Waals surface area contributed by atoms with Gasteiger partial charge in [-0.15, -0.1) is 0 Å². The standard InChI is InChI=1S/C18H28N2O4/c1-2-3-4-9-19-17(21)7-10-20(13-16-6-5-11-24-16)18(22)15-8-12-23-14-15/h8,12,14,16H,2-7,9-11,13H2,1H3,(H,19,21)/t16-/m0/s1. The van der Waals surface area contributed by atoms with Crippen LogP contribution in [-0.4, -0.2) is 49.1 Å². The summed E-state index contributed by atoms with van der Waals surface area (Å²) in [7, 11) is 0. The number of carbonyl (C=O) groups excluding carboxylic acids is 2. The van der Waals surface area contributed by atoms with Crippen LogP contribution in [0.3, 0.4) is 0 Å². The molecule has 0 spiro atoms. The van der Waals surface area contributed by atoms with Gasteiger partial charge in [-0.2, -0.15) is 0 Å². The normalized spacial score (nSPS) is 17.0. The van der Waals surface area contributed by atoms with Crippen LogP contribution in [0.25, 0.3) is 0 Å². The quantitative estimate of drug-likeness (QED) is 0.667. The molecule has 24 heavy (non-hydrogen) atoms. The Balaban J connectivity index is 1.83. The Bertz CT molecular complexity index is 495. The lowest BCUT2D eigenvalue weighted by atomic mass is 10.2. The number of furan rings is 1. The smallest absolute Gasteiger partial charge is 0.257 e. The highest BCUT2D eigenvalue weighted by Crippen LogP contribution is 2.15. The van der Waals surface area contributed by atoms with E-state index < -0.39 is 0 Å². The van der Waals surface area contributed by atoms with Crippen molar-refractivity contribution >= 4 is 11.8 Å². The third-order valence-corrected chi connectivity index (χ3v) is 4.21. The van der Waals surface area contributed by atoms with Crippen LogP contribution in [0.15, 0.2) is 23.0 Å². The SMILES string of the molecule is CCCCCNC(=O)CCN(C[C@@H]1CCCO1)C(=O)c1ccoc1. The van der Waals surface area contributed by atoms with Crippen LogP contribution in [0.5, 0.6) is 0 Å². The summed E-state index contributed by atoms with van der Waals surface area (Å²) in [6.45, 7) is 4.49. The lowest BCUT2D eigenvalue weighted by Crippen LogP contribution is -2.40. The van der Waals surface area contributed by atoms with Gasteiger partial charge in [0.1, 0.15) is 6.26 Å². The van der Waals surface area contributed by atoms with Gasteiger partial charge in [-0.3, -0.25) is 9.59 Å². The van der Waals surface area contributed by atoms with E-state index >= 15 is 0 Å². The minimum absolute atomic E-state index is 0.0107. The number of hydrogen-bond donors (Lipinski definition) is 1. The van der Waals surface area contributed by atoms with Crippen LogP contribution in [-0.2, 0) is 9.53 Å². The summed E-state index contributed by atoms with van der Waals surface area (Å²) in [4.78, 5) is 26.2. The van der Waals surface area contributed by atoms with E-state index in [1.54, 1.807) is 11.0 Å². The number of hydrogen-bond acceptors (Lipinski definition) is 4. The minimum Gasteiger partial charge on any atom is -0.472 e. The van der Waals surface area contributed by atoms with Crippen LogP contribution >= 0.6 is 0 Å². The van der Waals surface area contributed by atoms with Crippen molar-refractivity contribution in [2.75, 3.05) is 26.2 Å². The zero-order chi connectivity index (χ0) is 17.2. The Hall–Kier alpha value is -1.82. The van der Waals surface area contributed by atoms with E-state index in [0.29, 0.717) is 31.6 Å². The molecular weight excluding hydrogens is 308 g/mol. The minimum atomic E-state index is -0.113. The summed E-state index contributed by atoms with van der Waals surface area (Å²) in [5.74, 6) is -0.124. The van der Waals surface area contributed by atoms with E-state index in [1.807, 2.05) is 0 Å². The Morgan fingerprint density at radius 1 is 1.38 bits per heavy atom. The molecule has 1 fully saturated rings. The van der Waals surface area contributed by atoms with Crippen molar-refractivity contribution in [3.63, 3.8) is 0 Å². The van der Waals surface area contributed by atoms with Crippen LogP contribution in [0, 0.1) is 0 Å². The van der Waals surface area contributed by atoms with Crippen molar-refractivity contribution in [2.24, 2.45) is 0 Å². The maximum atomic E-state index is 12.6. The summed E-state index contributed by atoms with van der Waals surface area (Å²) >= 11 is 0. The molecule has 6 heteroatoms. The second-order valence-corrected chi connectivity index (χ2v) is 6.21. The van der Waals surface area contributed by atoms with E-state index in [4.69, 9.17) is 9.15 Å². The zero-order valence-corrected chi connectivity index (χ0v) is 14.5. The summed E-state index contributed by atoms with van der Waals surface area (Å²) < 4.78 is 10.6. The molecule has 1 aliphatic rings. The van der Waals surface area contributed by atoms with Gasteiger partial charge in [-0.05, 0) is 25.3 Å². The van der Waals surface area contributed by atoms with Gasteiger partial charge in [0.25, 0.3) is 5.91 Å². The fraction of sp³-hybridized carbons (Fsp3) is 0.667.